The SMILES string of the molecule is C=CCC(C)C(=O)C(Br)C(=O)c1nc(C)c(C)nc1NCc1ccc(OC)cc1. The molecule has 2 unspecified atom stereocenters. The summed E-state index contributed by atoms with van der Waals surface area (Å²) in [6.07, 6.45) is 2.18. The first-order valence-electron chi connectivity index (χ1n) is 9.33. The summed E-state index contributed by atoms with van der Waals surface area (Å²) in [5.41, 5.74) is 2.52. The van der Waals surface area contributed by atoms with E-state index in [0.717, 1.165) is 17.0 Å². The Balaban J connectivity index is 2.26. The van der Waals surface area contributed by atoms with Crippen LogP contribution in [0.3, 0.4) is 0 Å². The first-order valence-corrected chi connectivity index (χ1v) is 10.2. The molecule has 0 aliphatic rings. The molecule has 2 rings (SSSR count). The van der Waals surface area contributed by atoms with Crippen LogP contribution in [0.1, 0.15) is 40.8 Å². The molecule has 2 aromatic rings. The van der Waals surface area contributed by atoms with Crippen LogP contribution in [0.2, 0.25) is 0 Å². The highest BCUT2D eigenvalue weighted by atomic mass is 79.9. The molecule has 0 aliphatic heterocycles. The van der Waals surface area contributed by atoms with Gasteiger partial charge in [0.1, 0.15) is 10.6 Å². The van der Waals surface area contributed by atoms with Crippen molar-refractivity contribution in [2.45, 2.75) is 38.6 Å². The summed E-state index contributed by atoms with van der Waals surface area (Å²) < 4.78 is 5.17. The van der Waals surface area contributed by atoms with E-state index in [9.17, 15) is 9.59 Å². The Morgan fingerprint density at radius 2 is 1.83 bits per heavy atom. The normalized spacial score (nSPS) is 12.7. The van der Waals surface area contributed by atoms with E-state index < -0.39 is 10.6 Å². The Labute approximate surface area is 179 Å². The summed E-state index contributed by atoms with van der Waals surface area (Å²) in [5, 5.41) is 3.18. The van der Waals surface area contributed by atoms with Crippen LogP contribution in [-0.2, 0) is 11.3 Å². The number of hydrogen-bond donors (Lipinski definition) is 1. The average Bonchev–Trinajstić information content (AvgIpc) is 2.73. The van der Waals surface area contributed by atoms with Crippen LogP contribution in [0.15, 0.2) is 36.9 Å². The monoisotopic (exact) mass is 459 g/mol. The Hall–Kier alpha value is -2.54. The molecule has 7 heteroatoms. The predicted molar refractivity (Wildman–Crippen MR) is 118 cm³/mol. The van der Waals surface area contributed by atoms with Gasteiger partial charge in [0, 0.05) is 12.5 Å². The smallest absolute Gasteiger partial charge is 0.206 e. The third kappa shape index (κ3) is 5.73. The number of aromatic nitrogens is 2. The van der Waals surface area contributed by atoms with E-state index in [1.165, 1.54) is 0 Å². The van der Waals surface area contributed by atoms with Crippen molar-refractivity contribution in [2.75, 3.05) is 12.4 Å². The maximum absolute atomic E-state index is 13.0. The highest BCUT2D eigenvalue weighted by molar-refractivity contribution is 9.10. The molecule has 0 saturated carbocycles. The van der Waals surface area contributed by atoms with Crippen LogP contribution in [0.25, 0.3) is 0 Å². The lowest BCUT2D eigenvalue weighted by Crippen LogP contribution is -2.30. The number of nitrogens with one attached hydrogen (secondary N) is 1. The van der Waals surface area contributed by atoms with E-state index in [-0.39, 0.29) is 17.4 Å². The van der Waals surface area contributed by atoms with Gasteiger partial charge < -0.3 is 10.1 Å². The van der Waals surface area contributed by atoms with Crippen molar-refractivity contribution in [3.05, 3.63) is 59.6 Å². The largest absolute Gasteiger partial charge is 0.497 e. The Kier molecular flexibility index (Phi) is 8.08. The van der Waals surface area contributed by atoms with Gasteiger partial charge in [0.25, 0.3) is 0 Å². The van der Waals surface area contributed by atoms with Gasteiger partial charge in [-0.1, -0.05) is 41.1 Å². The molecule has 1 N–H and O–H groups in total. The molecular formula is C22H26BrN3O3. The van der Waals surface area contributed by atoms with E-state index in [1.54, 1.807) is 27.0 Å². The lowest BCUT2D eigenvalue weighted by atomic mass is 9.97. The molecule has 1 aromatic heterocycles. The second-order valence-corrected chi connectivity index (χ2v) is 7.76. The van der Waals surface area contributed by atoms with Gasteiger partial charge >= 0.3 is 0 Å². The predicted octanol–water partition coefficient (Wildman–Crippen LogP) is 4.44. The molecule has 29 heavy (non-hydrogen) atoms. The summed E-state index contributed by atoms with van der Waals surface area (Å²) in [5.74, 6) is 0.221. The number of nitrogens with zero attached hydrogens (tertiary/aromatic N) is 2. The van der Waals surface area contributed by atoms with Crippen molar-refractivity contribution in [3.63, 3.8) is 0 Å². The molecule has 0 amide bonds. The van der Waals surface area contributed by atoms with Gasteiger partial charge in [-0.15, -0.1) is 6.58 Å². The molecule has 0 saturated heterocycles. The van der Waals surface area contributed by atoms with Crippen molar-refractivity contribution in [1.82, 2.24) is 9.97 Å². The number of hydrogen-bond acceptors (Lipinski definition) is 6. The van der Waals surface area contributed by atoms with Gasteiger partial charge in [-0.3, -0.25) is 9.59 Å². The van der Waals surface area contributed by atoms with Crippen LogP contribution in [0.5, 0.6) is 5.75 Å². The van der Waals surface area contributed by atoms with E-state index in [2.05, 4.69) is 37.8 Å². The standard InChI is InChI=1S/C22H26BrN3O3/c1-6-7-13(2)20(27)18(23)21(28)19-22(26-15(4)14(3)25-19)24-12-16-8-10-17(29-5)11-9-16/h6,8-11,13,18H,1,7,12H2,2-5H3,(H,24,26). The van der Waals surface area contributed by atoms with Crippen molar-refractivity contribution in [1.29, 1.82) is 0 Å². The summed E-state index contributed by atoms with van der Waals surface area (Å²) in [4.78, 5) is 33.5. The average molecular weight is 460 g/mol. The number of halogens is 1. The molecule has 2 atom stereocenters. The van der Waals surface area contributed by atoms with Gasteiger partial charge in [-0.25, -0.2) is 9.97 Å². The zero-order valence-electron chi connectivity index (χ0n) is 17.2. The third-order valence-electron chi connectivity index (χ3n) is 4.65. The van der Waals surface area contributed by atoms with Gasteiger partial charge in [0.15, 0.2) is 17.3 Å². The molecule has 1 aromatic carbocycles. The molecule has 6 nitrogen and oxygen atoms in total. The molecule has 0 spiro atoms. The highest BCUT2D eigenvalue weighted by Gasteiger charge is 2.31. The highest BCUT2D eigenvalue weighted by Crippen LogP contribution is 2.22. The molecule has 0 aliphatic carbocycles. The molecule has 154 valence electrons. The Morgan fingerprint density at radius 3 is 2.41 bits per heavy atom. The number of ether oxygens (including phenoxy) is 1. The summed E-state index contributed by atoms with van der Waals surface area (Å²) in [7, 11) is 1.61. The maximum Gasteiger partial charge on any atom is 0.206 e. The topological polar surface area (TPSA) is 81.2 Å². The first kappa shape index (κ1) is 22.7. The van der Waals surface area contributed by atoms with E-state index in [0.29, 0.717) is 24.5 Å². The number of carbonyl (C=O) groups excluding carboxylic acids is 2. The number of alkyl halides is 1. The van der Waals surface area contributed by atoms with Crippen LogP contribution in [-0.4, -0.2) is 33.5 Å². The minimum Gasteiger partial charge on any atom is -0.497 e. The zero-order chi connectivity index (χ0) is 21.6. The van der Waals surface area contributed by atoms with Crippen LogP contribution in [0, 0.1) is 19.8 Å². The zero-order valence-corrected chi connectivity index (χ0v) is 18.7. The minimum absolute atomic E-state index is 0.155. The maximum atomic E-state index is 13.0. The fourth-order valence-electron chi connectivity index (χ4n) is 2.69. The number of benzene rings is 1. The third-order valence-corrected chi connectivity index (χ3v) is 5.51. The van der Waals surface area contributed by atoms with Crippen molar-refractivity contribution in [3.8, 4) is 5.75 Å². The lowest BCUT2D eigenvalue weighted by molar-refractivity contribution is -0.120. The van der Waals surface area contributed by atoms with Gasteiger partial charge in [0.05, 0.1) is 18.5 Å². The molecule has 1 heterocycles. The molecule has 0 radical (unpaired) electrons. The number of aryl methyl sites for hydroxylation is 2. The number of anilines is 1. The second-order valence-electron chi connectivity index (χ2n) is 6.85. The number of rotatable bonds is 10. The van der Waals surface area contributed by atoms with Crippen LogP contribution >= 0.6 is 15.9 Å². The fourth-order valence-corrected chi connectivity index (χ4v) is 3.36. The van der Waals surface area contributed by atoms with E-state index >= 15 is 0 Å². The van der Waals surface area contributed by atoms with Crippen molar-refractivity contribution >= 4 is 33.3 Å². The Bertz CT molecular complexity index is 897. The van der Waals surface area contributed by atoms with Gasteiger partial charge in [-0.2, -0.15) is 0 Å². The van der Waals surface area contributed by atoms with Gasteiger partial charge in [-0.05, 0) is 38.0 Å². The Morgan fingerprint density at radius 1 is 1.21 bits per heavy atom. The van der Waals surface area contributed by atoms with Crippen molar-refractivity contribution in [2.24, 2.45) is 5.92 Å². The number of methoxy groups -OCH3 is 1. The molecular weight excluding hydrogens is 434 g/mol. The quantitative estimate of drug-likeness (QED) is 0.244. The molecule has 0 bridgehead atoms. The van der Waals surface area contributed by atoms with E-state index in [1.807, 2.05) is 31.2 Å². The van der Waals surface area contributed by atoms with Gasteiger partial charge in [0.2, 0.25) is 5.78 Å². The van der Waals surface area contributed by atoms with Crippen LogP contribution in [0.4, 0.5) is 5.82 Å². The summed E-state index contributed by atoms with van der Waals surface area (Å²) >= 11 is 3.26. The minimum atomic E-state index is -0.976. The van der Waals surface area contributed by atoms with E-state index in [4.69, 9.17) is 4.74 Å². The lowest BCUT2D eigenvalue weighted by Gasteiger charge is -2.16. The molecule has 0 fully saturated rings. The number of Topliss-reactive ketones (excluding diaryl/α,β-unsaturated/α-hetero) is 2. The second kappa shape index (κ2) is 10.3. The fraction of sp³-hybridized carbons (Fsp3) is 0.364. The summed E-state index contributed by atoms with van der Waals surface area (Å²) in [6, 6.07) is 7.58. The van der Waals surface area contributed by atoms with Crippen LogP contribution < -0.4 is 10.1 Å². The number of carbonyl (C=O) groups is 2. The summed E-state index contributed by atoms with van der Waals surface area (Å²) in [6.45, 7) is 9.50. The number of ketones is 2. The number of allylic oxidation sites excluding steroid dienone is 1. The van der Waals surface area contributed by atoms with Crippen molar-refractivity contribution < 1.29 is 14.3 Å². The first-order chi connectivity index (χ1) is 13.8.